The fraction of sp³-hybridized carbons (Fsp3) is 0.514. The summed E-state index contributed by atoms with van der Waals surface area (Å²) in [5.41, 5.74) is 5.68. The molecule has 0 aromatic heterocycles. The number of rotatable bonds is 8. The summed E-state index contributed by atoms with van der Waals surface area (Å²) in [5, 5.41) is 3.10. The molecule has 2 aromatic carbocycles. The Hall–Kier alpha value is -2.81. The van der Waals surface area contributed by atoms with Crippen LogP contribution in [0.2, 0.25) is 0 Å². The lowest BCUT2D eigenvalue weighted by molar-refractivity contribution is -0.132. The highest BCUT2D eigenvalue weighted by Crippen LogP contribution is 2.40. The summed E-state index contributed by atoms with van der Waals surface area (Å²) in [5.74, 6) is 0.348. The quantitative estimate of drug-likeness (QED) is 0.379. The minimum absolute atomic E-state index is 0.267. The Morgan fingerprint density at radius 1 is 1.00 bits per heavy atom. The highest BCUT2D eigenvalue weighted by Gasteiger charge is 2.36. The van der Waals surface area contributed by atoms with Gasteiger partial charge in [-0.05, 0) is 74.5 Å². The van der Waals surface area contributed by atoms with Crippen LogP contribution < -0.4 is 5.32 Å². The van der Waals surface area contributed by atoms with Crippen LogP contribution in [0.25, 0.3) is 0 Å². The largest absolute Gasteiger partial charge is 0.388 e. The van der Waals surface area contributed by atoms with E-state index in [4.69, 9.17) is 0 Å². The minimum atomic E-state index is 0.267. The number of amides is 1. The molecule has 0 radical (unpaired) electrons. The van der Waals surface area contributed by atoms with Crippen molar-refractivity contribution < 1.29 is 4.79 Å². The molecule has 3 heteroatoms. The molecule has 1 aliphatic carbocycles. The van der Waals surface area contributed by atoms with Gasteiger partial charge in [0.25, 0.3) is 0 Å². The normalized spacial score (nSPS) is 16.1. The van der Waals surface area contributed by atoms with Crippen molar-refractivity contribution in [1.82, 2.24) is 4.90 Å². The molecule has 0 atom stereocenters. The molecule has 1 saturated heterocycles. The number of para-hydroxylation sites is 1. The molecule has 0 spiro atoms. The summed E-state index contributed by atoms with van der Waals surface area (Å²) >= 11 is 0. The average Bonchev–Trinajstić information content (AvgIpc) is 3.26. The monoisotopic (exact) mass is 516 g/mol. The average molecular weight is 517 g/mol. The van der Waals surface area contributed by atoms with Gasteiger partial charge in [-0.3, -0.25) is 4.79 Å². The lowest BCUT2D eigenvalue weighted by atomic mass is 9.69. The zero-order valence-electron chi connectivity index (χ0n) is 24.8. The maximum atomic E-state index is 12.8. The van der Waals surface area contributed by atoms with Gasteiger partial charge in [0, 0.05) is 32.2 Å². The molecule has 38 heavy (non-hydrogen) atoms. The van der Waals surface area contributed by atoms with Crippen molar-refractivity contribution in [2.45, 2.75) is 97.3 Å². The molecule has 4 rings (SSSR count). The first kappa shape index (κ1) is 31.4. The number of nitrogens with zero attached hydrogens (tertiary/aromatic N) is 1. The van der Waals surface area contributed by atoms with E-state index in [0.717, 1.165) is 38.8 Å². The molecule has 208 valence electrons. The van der Waals surface area contributed by atoms with Crippen LogP contribution in [0.5, 0.6) is 0 Å². The Bertz CT molecular complexity index is 984. The third-order valence-corrected chi connectivity index (χ3v) is 7.88. The van der Waals surface area contributed by atoms with E-state index in [-0.39, 0.29) is 5.41 Å². The van der Waals surface area contributed by atoms with Crippen molar-refractivity contribution >= 4 is 11.6 Å². The number of carbonyl (C=O) groups is 1. The highest BCUT2D eigenvalue weighted by molar-refractivity contribution is 5.76. The van der Waals surface area contributed by atoms with Crippen molar-refractivity contribution in [1.29, 1.82) is 0 Å². The minimum Gasteiger partial charge on any atom is -0.388 e. The van der Waals surface area contributed by atoms with Crippen molar-refractivity contribution in [2.75, 3.05) is 25.5 Å². The number of benzene rings is 2. The van der Waals surface area contributed by atoms with E-state index < -0.39 is 0 Å². The SMILES string of the molecule is CC.CCCCC1(c2ccccc2)CCN(C(=O)CCC2=CC=CCCC2)CC1.CNc1ccccc1C. The molecule has 1 amide bonds. The van der Waals surface area contributed by atoms with Crippen LogP contribution >= 0.6 is 0 Å². The van der Waals surface area contributed by atoms with Crippen LogP contribution in [-0.4, -0.2) is 30.9 Å². The molecule has 0 saturated carbocycles. The first-order chi connectivity index (χ1) is 18.6. The number of likely N-dealkylation sites (tertiary alicyclic amines) is 1. The number of nitrogens with one attached hydrogen (secondary N) is 1. The lowest BCUT2D eigenvalue weighted by Crippen LogP contribution is -2.45. The molecular formula is C35H52N2O. The van der Waals surface area contributed by atoms with Gasteiger partial charge in [-0.2, -0.15) is 0 Å². The van der Waals surface area contributed by atoms with Crippen molar-refractivity contribution in [2.24, 2.45) is 0 Å². The Labute approximate surface area is 233 Å². The maximum Gasteiger partial charge on any atom is 0.222 e. The van der Waals surface area contributed by atoms with Gasteiger partial charge in [-0.1, -0.05) is 106 Å². The number of carbonyl (C=O) groups excluding carboxylic acids is 1. The summed E-state index contributed by atoms with van der Waals surface area (Å²) in [7, 11) is 1.93. The van der Waals surface area contributed by atoms with Gasteiger partial charge in [0.05, 0.1) is 0 Å². The van der Waals surface area contributed by atoms with Gasteiger partial charge < -0.3 is 10.2 Å². The van der Waals surface area contributed by atoms with E-state index in [1.54, 1.807) is 0 Å². The second-order valence-corrected chi connectivity index (χ2v) is 10.3. The zero-order valence-corrected chi connectivity index (χ0v) is 24.8. The van der Waals surface area contributed by atoms with Crippen molar-refractivity contribution in [3.8, 4) is 0 Å². The number of aryl methyl sites for hydroxylation is 1. The van der Waals surface area contributed by atoms with Gasteiger partial charge in [-0.15, -0.1) is 0 Å². The third kappa shape index (κ3) is 9.82. The van der Waals surface area contributed by atoms with Crippen molar-refractivity contribution in [3.05, 3.63) is 89.5 Å². The first-order valence-electron chi connectivity index (χ1n) is 15.0. The number of anilines is 1. The first-order valence-corrected chi connectivity index (χ1v) is 15.0. The van der Waals surface area contributed by atoms with Crippen LogP contribution in [0.3, 0.4) is 0 Å². The molecular weight excluding hydrogens is 464 g/mol. The van der Waals surface area contributed by atoms with Gasteiger partial charge in [-0.25, -0.2) is 0 Å². The van der Waals surface area contributed by atoms with Gasteiger partial charge in [0.2, 0.25) is 5.91 Å². The smallest absolute Gasteiger partial charge is 0.222 e. The zero-order chi connectivity index (χ0) is 27.6. The summed E-state index contributed by atoms with van der Waals surface area (Å²) in [6, 6.07) is 19.2. The Morgan fingerprint density at radius 3 is 2.32 bits per heavy atom. The van der Waals surface area contributed by atoms with E-state index in [0.29, 0.717) is 12.3 Å². The Balaban J connectivity index is 0.000000387. The van der Waals surface area contributed by atoms with Crippen LogP contribution in [-0.2, 0) is 10.2 Å². The highest BCUT2D eigenvalue weighted by atomic mass is 16.2. The van der Waals surface area contributed by atoms with E-state index >= 15 is 0 Å². The molecule has 0 bridgehead atoms. The van der Waals surface area contributed by atoms with Crippen LogP contribution in [0.15, 0.2) is 78.4 Å². The summed E-state index contributed by atoms with van der Waals surface area (Å²) in [4.78, 5) is 14.9. The number of hydrogen-bond acceptors (Lipinski definition) is 2. The fourth-order valence-corrected chi connectivity index (χ4v) is 5.49. The molecule has 1 fully saturated rings. The lowest BCUT2D eigenvalue weighted by Gasteiger charge is -2.42. The Morgan fingerprint density at radius 2 is 1.68 bits per heavy atom. The number of hydrogen-bond donors (Lipinski definition) is 1. The molecule has 1 N–H and O–H groups in total. The number of unbranched alkanes of at least 4 members (excludes halogenated alkanes) is 1. The van der Waals surface area contributed by atoms with Gasteiger partial charge in [0.15, 0.2) is 0 Å². The fourth-order valence-electron chi connectivity index (χ4n) is 5.49. The standard InChI is InChI=1S/C25H35NO.C8H11N.C2H6/c1-2-3-17-25(23-13-9-6-10-14-23)18-20-26(21-19-25)24(27)16-15-22-11-7-4-5-8-12-22;1-7-5-3-4-6-8(7)9-2;1-2/h4,6-7,9-11,13-14H,2-3,5,8,12,15-21H2,1H3;3-6,9H,1-2H3;1-2H3. The molecule has 2 aromatic rings. The van der Waals surface area contributed by atoms with Gasteiger partial charge >= 0.3 is 0 Å². The second-order valence-electron chi connectivity index (χ2n) is 10.3. The molecule has 2 aliphatic rings. The van der Waals surface area contributed by atoms with Crippen LogP contribution in [0, 0.1) is 6.92 Å². The predicted octanol–water partition coefficient (Wildman–Crippen LogP) is 9.25. The third-order valence-electron chi connectivity index (χ3n) is 7.88. The number of piperidine rings is 1. The molecule has 1 aliphatic heterocycles. The second kappa shape index (κ2) is 17.7. The topological polar surface area (TPSA) is 32.3 Å². The summed E-state index contributed by atoms with van der Waals surface area (Å²) < 4.78 is 0. The summed E-state index contributed by atoms with van der Waals surface area (Å²) in [6.45, 7) is 10.2. The predicted molar refractivity (Wildman–Crippen MR) is 166 cm³/mol. The summed E-state index contributed by atoms with van der Waals surface area (Å²) in [6.07, 6.45) is 17.7. The van der Waals surface area contributed by atoms with E-state index in [9.17, 15) is 4.79 Å². The molecule has 3 nitrogen and oxygen atoms in total. The van der Waals surface area contributed by atoms with Crippen LogP contribution in [0.4, 0.5) is 5.69 Å². The maximum absolute atomic E-state index is 12.8. The molecule has 0 unspecified atom stereocenters. The Kier molecular flexibility index (Phi) is 14.6. The van der Waals surface area contributed by atoms with E-state index in [1.165, 1.54) is 54.5 Å². The van der Waals surface area contributed by atoms with E-state index in [2.05, 4.69) is 84.8 Å². The molecule has 1 heterocycles. The number of allylic oxidation sites excluding steroid dienone is 4. The van der Waals surface area contributed by atoms with E-state index in [1.807, 2.05) is 33.0 Å². The van der Waals surface area contributed by atoms with Gasteiger partial charge in [0.1, 0.15) is 0 Å². The van der Waals surface area contributed by atoms with Crippen LogP contribution in [0.1, 0.15) is 96.1 Å². The van der Waals surface area contributed by atoms with Crippen molar-refractivity contribution in [3.63, 3.8) is 0 Å².